The summed E-state index contributed by atoms with van der Waals surface area (Å²) < 4.78 is 12.4. The van der Waals surface area contributed by atoms with Gasteiger partial charge < -0.3 is 9.47 Å². The van der Waals surface area contributed by atoms with Crippen LogP contribution in [0.15, 0.2) is 66.2 Å². The van der Waals surface area contributed by atoms with Crippen molar-refractivity contribution < 1.29 is 9.47 Å². The van der Waals surface area contributed by atoms with E-state index in [0.29, 0.717) is 17.2 Å². The number of ether oxygens (including phenoxy) is 2. The number of rotatable bonds is 4. The highest BCUT2D eigenvalue weighted by Gasteiger charge is 2.13. The summed E-state index contributed by atoms with van der Waals surface area (Å²) in [6.07, 6.45) is 4.90. The first-order chi connectivity index (χ1) is 13.4. The molecule has 0 saturated carbocycles. The van der Waals surface area contributed by atoms with Crippen molar-refractivity contribution in [1.29, 1.82) is 0 Å². The third kappa shape index (κ3) is 2.82. The van der Waals surface area contributed by atoms with E-state index in [4.69, 9.17) is 9.47 Å². The molecule has 0 unspecified atom stereocenters. The molecule has 1 aliphatic rings. The zero-order chi connectivity index (χ0) is 18.1. The Morgan fingerprint density at radius 1 is 1.04 bits per heavy atom. The molecule has 3 heterocycles. The van der Waals surface area contributed by atoms with Crippen LogP contribution >= 0.6 is 0 Å². The number of hydrogen-bond donors (Lipinski definition) is 1. The highest BCUT2D eigenvalue weighted by molar-refractivity contribution is 5.88. The molecule has 27 heavy (non-hydrogen) atoms. The molecule has 1 N–H and O–H groups in total. The Kier molecular flexibility index (Phi) is 3.64. The van der Waals surface area contributed by atoms with Crippen LogP contribution in [0.25, 0.3) is 16.7 Å². The zero-order valence-electron chi connectivity index (χ0n) is 14.1. The molecule has 132 valence electrons. The minimum atomic E-state index is 0.249. The summed E-state index contributed by atoms with van der Waals surface area (Å²) in [5, 5.41) is 9.48. The lowest BCUT2D eigenvalue weighted by Crippen LogP contribution is -1.99. The second kappa shape index (κ2) is 6.41. The van der Waals surface area contributed by atoms with Crippen molar-refractivity contribution in [2.24, 2.45) is 5.10 Å². The van der Waals surface area contributed by atoms with Crippen molar-refractivity contribution in [2.75, 3.05) is 12.2 Å². The van der Waals surface area contributed by atoms with E-state index in [0.717, 1.165) is 22.4 Å². The van der Waals surface area contributed by atoms with Crippen LogP contribution in [0.4, 0.5) is 5.82 Å². The van der Waals surface area contributed by atoms with E-state index in [1.807, 2.05) is 48.5 Å². The summed E-state index contributed by atoms with van der Waals surface area (Å²) in [6.45, 7) is 0.249. The molecule has 0 radical (unpaired) electrons. The van der Waals surface area contributed by atoms with Crippen LogP contribution in [0.2, 0.25) is 0 Å². The first-order valence-corrected chi connectivity index (χ1v) is 8.31. The lowest BCUT2D eigenvalue weighted by atomic mass is 10.2. The molecule has 0 amide bonds. The minimum Gasteiger partial charge on any atom is -0.454 e. The average molecular weight is 358 g/mol. The van der Waals surface area contributed by atoms with Crippen molar-refractivity contribution in [2.45, 2.75) is 0 Å². The van der Waals surface area contributed by atoms with Crippen LogP contribution < -0.4 is 14.9 Å². The van der Waals surface area contributed by atoms with E-state index in [1.165, 1.54) is 6.33 Å². The Morgan fingerprint density at radius 3 is 2.85 bits per heavy atom. The van der Waals surface area contributed by atoms with Crippen molar-refractivity contribution in [3.05, 3.63) is 66.6 Å². The summed E-state index contributed by atoms with van der Waals surface area (Å²) in [7, 11) is 0. The van der Waals surface area contributed by atoms with Crippen LogP contribution in [-0.2, 0) is 0 Å². The molecule has 8 heteroatoms. The number of nitrogens with zero attached hydrogens (tertiary/aromatic N) is 5. The molecular formula is C19H14N6O2. The smallest absolute Gasteiger partial charge is 0.231 e. The maximum absolute atomic E-state index is 5.37. The van der Waals surface area contributed by atoms with E-state index in [2.05, 4.69) is 25.6 Å². The first kappa shape index (κ1) is 15.3. The van der Waals surface area contributed by atoms with Gasteiger partial charge in [0.05, 0.1) is 23.5 Å². The average Bonchev–Trinajstić information content (AvgIpc) is 3.35. The summed E-state index contributed by atoms with van der Waals surface area (Å²) in [5.74, 6) is 2.04. The number of hydrogen-bond acceptors (Lipinski definition) is 7. The minimum absolute atomic E-state index is 0.249. The van der Waals surface area contributed by atoms with Crippen LogP contribution in [0.5, 0.6) is 11.5 Å². The highest BCUT2D eigenvalue weighted by atomic mass is 16.7. The molecule has 0 bridgehead atoms. The third-order valence-corrected chi connectivity index (χ3v) is 4.15. The quantitative estimate of drug-likeness (QED) is 0.446. The number of aromatic nitrogens is 4. The van der Waals surface area contributed by atoms with Gasteiger partial charge in [-0.25, -0.2) is 14.6 Å². The van der Waals surface area contributed by atoms with Gasteiger partial charge in [-0.1, -0.05) is 18.2 Å². The van der Waals surface area contributed by atoms with Crippen molar-refractivity contribution >= 4 is 23.1 Å². The molecular weight excluding hydrogens is 344 g/mol. The van der Waals surface area contributed by atoms with Crippen LogP contribution in [0.1, 0.15) is 5.56 Å². The second-order valence-corrected chi connectivity index (χ2v) is 5.83. The number of nitrogens with one attached hydrogen (secondary N) is 1. The standard InChI is InChI=1S/C19H14N6O2/c1-2-4-14(5-3-1)25-19-15(10-23-25)18(20-11-21-19)24-22-9-13-6-7-16-17(8-13)27-12-26-16/h1-11H,12H2,(H,20,21,24)/b22-9-. The molecule has 0 fully saturated rings. The number of hydrazone groups is 1. The molecule has 0 spiro atoms. The summed E-state index contributed by atoms with van der Waals surface area (Å²) in [5.41, 5.74) is 5.48. The number of para-hydroxylation sites is 1. The van der Waals surface area contributed by atoms with E-state index >= 15 is 0 Å². The Bertz CT molecular complexity index is 1140. The van der Waals surface area contributed by atoms with Gasteiger partial charge in [-0.3, -0.25) is 5.43 Å². The van der Waals surface area contributed by atoms with E-state index in [-0.39, 0.29) is 6.79 Å². The highest BCUT2D eigenvalue weighted by Crippen LogP contribution is 2.32. The molecule has 0 atom stereocenters. The Morgan fingerprint density at radius 2 is 1.93 bits per heavy atom. The maximum Gasteiger partial charge on any atom is 0.231 e. The molecule has 8 nitrogen and oxygen atoms in total. The molecule has 2 aromatic heterocycles. The lowest BCUT2D eigenvalue weighted by Gasteiger charge is -2.03. The van der Waals surface area contributed by atoms with Gasteiger partial charge in [0.1, 0.15) is 6.33 Å². The first-order valence-electron chi connectivity index (χ1n) is 8.31. The molecule has 5 rings (SSSR count). The van der Waals surface area contributed by atoms with Crippen molar-refractivity contribution in [3.8, 4) is 17.2 Å². The van der Waals surface area contributed by atoms with E-state index in [1.54, 1.807) is 17.1 Å². The molecule has 4 aromatic rings. The van der Waals surface area contributed by atoms with Crippen LogP contribution in [-0.4, -0.2) is 32.8 Å². The Hall–Kier alpha value is -3.94. The molecule has 1 aliphatic heterocycles. The predicted octanol–water partition coefficient (Wildman–Crippen LogP) is 2.99. The van der Waals surface area contributed by atoms with Gasteiger partial charge in [-0.15, -0.1) is 0 Å². The van der Waals surface area contributed by atoms with Crippen LogP contribution in [0.3, 0.4) is 0 Å². The van der Waals surface area contributed by atoms with Gasteiger partial charge in [-0.05, 0) is 35.9 Å². The fourth-order valence-corrected chi connectivity index (χ4v) is 2.85. The Labute approximate surface area is 154 Å². The predicted molar refractivity (Wildman–Crippen MR) is 100 cm³/mol. The molecule has 2 aromatic carbocycles. The van der Waals surface area contributed by atoms with Gasteiger partial charge in [0.2, 0.25) is 6.79 Å². The van der Waals surface area contributed by atoms with Crippen LogP contribution in [0, 0.1) is 0 Å². The topological polar surface area (TPSA) is 86.5 Å². The molecule has 0 aliphatic carbocycles. The van der Waals surface area contributed by atoms with Crippen molar-refractivity contribution in [1.82, 2.24) is 19.7 Å². The summed E-state index contributed by atoms with van der Waals surface area (Å²) in [4.78, 5) is 8.62. The second-order valence-electron chi connectivity index (χ2n) is 5.83. The van der Waals surface area contributed by atoms with Gasteiger partial charge in [0.25, 0.3) is 0 Å². The van der Waals surface area contributed by atoms with Gasteiger partial charge in [-0.2, -0.15) is 10.2 Å². The third-order valence-electron chi connectivity index (χ3n) is 4.15. The number of anilines is 1. The van der Waals surface area contributed by atoms with Gasteiger partial charge >= 0.3 is 0 Å². The largest absolute Gasteiger partial charge is 0.454 e. The fourth-order valence-electron chi connectivity index (χ4n) is 2.85. The zero-order valence-corrected chi connectivity index (χ0v) is 14.1. The van der Waals surface area contributed by atoms with Crippen molar-refractivity contribution in [3.63, 3.8) is 0 Å². The number of fused-ring (bicyclic) bond motifs is 2. The van der Waals surface area contributed by atoms with Gasteiger partial charge in [0, 0.05) is 0 Å². The van der Waals surface area contributed by atoms with Gasteiger partial charge in [0.15, 0.2) is 23.0 Å². The monoisotopic (exact) mass is 358 g/mol. The summed E-state index contributed by atoms with van der Waals surface area (Å²) >= 11 is 0. The Balaban J connectivity index is 1.42. The SMILES string of the molecule is C(=N/Nc1ncnc2c1cnn2-c1ccccc1)/c1ccc2c(c1)OCO2. The normalized spacial score (nSPS) is 12.7. The summed E-state index contributed by atoms with van der Waals surface area (Å²) in [6, 6.07) is 15.5. The lowest BCUT2D eigenvalue weighted by molar-refractivity contribution is 0.174. The fraction of sp³-hybridized carbons (Fsp3) is 0.0526. The van der Waals surface area contributed by atoms with E-state index in [9.17, 15) is 0 Å². The maximum atomic E-state index is 5.37. The number of benzene rings is 2. The van der Waals surface area contributed by atoms with E-state index < -0.39 is 0 Å². The molecule has 0 saturated heterocycles.